The van der Waals surface area contributed by atoms with Gasteiger partial charge in [0.15, 0.2) is 0 Å². The van der Waals surface area contributed by atoms with Gasteiger partial charge < -0.3 is 15.8 Å². The van der Waals surface area contributed by atoms with Crippen molar-refractivity contribution in [3.63, 3.8) is 0 Å². The Labute approximate surface area is 103 Å². The van der Waals surface area contributed by atoms with E-state index in [4.69, 9.17) is 10.5 Å². The van der Waals surface area contributed by atoms with E-state index in [-0.39, 0.29) is 0 Å². The van der Waals surface area contributed by atoms with Crippen molar-refractivity contribution in [3.05, 3.63) is 18.3 Å². The molecule has 0 aromatic carbocycles. The van der Waals surface area contributed by atoms with Gasteiger partial charge in [-0.3, -0.25) is 0 Å². The van der Waals surface area contributed by atoms with E-state index in [0.29, 0.717) is 24.4 Å². The summed E-state index contributed by atoms with van der Waals surface area (Å²) in [7, 11) is 0. The molecule has 0 bridgehead atoms. The first-order valence-electron chi connectivity index (χ1n) is 6.39. The number of nitrogens with zero attached hydrogens (tertiary/aromatic N) is 1. The molecule has 2 atom stereocenters. The quantitative estimate of drug-likeness (QED) is 0.819. The summed E-state index contributed by atoms with van der Waals surface area (Å²) < 4.78 is 5.51. The van der Waals surface area contributed by atoms with Crippen molar-refractivity contribution < 1.29 is 4.74 Å². The first-order chi connectivity index (χ1) is 8.35. The number of nitrogens with one attached hydrogen (secondary N) is 1. The summed E-state index contributed by atoms with van der Waals surface area (Å²) in [6.45, 7) is 3.36. The second kappa shape index (κ2) is 5.87. The minimum Gasteiger partial charge on any atom is -0.476 e. The van der Waals surface area contributed by atoms with Crippen LogP contribution in [-0.2, 0) is 0 Å². The first kappa shape index (κ1) is 12.2. The van der Waals surface area contributed by atoms with E-state index in [9.17, 15) is 0 Å². The Bertz CT molecular complexity index is 356. The zero-order chi connectivity index (χ0) is 12.1. The standard InChI is InChI=1S/C13H21N3O/c1-2-17-13-12(7-4-8-15-13)16-11-6-3-5-10(11)9-14/h4,7-8,10-11,16H,2-3,5-6,9,14H2,1H3. The molecule has 1 aromatic heterocycles. The molecule has 1 aromatic rings. The highest BCUT2D eigenvalue weighted by molar-refractivity contribution is 5.53. The van der Waals surface area contributed by atoms with Gasteiger partial charge in [-0.25, -0.2) is 4.98 Å². The predicted octanol–water partition coefficient (Wildman–Crippen LogP) is 2.02. The SMILES string of the molecule is CCOc1ncccc1NC1CCCC1CN. The fourth-order valence-electron chi connectivity index (χ4n) is 2.46. The van der Waals surface area contributed by atoms with Crippen LogP contribution in [0.2, 0.25) is 0 Å². The van der Waals surface area contributed by atoms with E-state index in [0.717, 1.165) is 12.2 Å². The molecule has 1 aliphatic rings. The minimum atomic E-state index is 0.461. The highest BCUT2D eigenvalue weighted by Crippen LogP contribution is 2.30. The van der Waals surface area contributed by atoms with Gasteiger partial charge in [0.2, 0.25) is 5.88 Å². The molecule has 94 valence electrons. The number of nitrogens with two attached hydrogens (primary N) is 1. The topological polar surface area (TPSA) is 60.2 Å². The van der Waals surface area contributed by atoms with E-state index >= 15 is 0 Å². The van der Waals surface area contributed by atoms with Gasteiger partial charge in [0.05, 0.1) is 12.3 Å². The second-order valence-electron chi connectivity index (χ2n) is 4.47. The summed E-state index contributed by atoms with van der Waals surface area (Å²) in [6.07, 6.45) is 5.41. The molecule has 4 nitrogen and oxygen atoms in total. The lowest BCUT2D eigenvalue weighted by molar-refractivity contribution is 0.328. The summed E-state index contributed by atoms with van der Waals surface area (Å²) in [4.78, 5) is 4.25. The fraction of sp³-hybridized carbons (Fsp3) is 0.615. The average Bonchev–Trinajstić information content (AvgIpc) is 2.79. The first-order valence-corrected chi connectivity index (χ1v) is 6.39. The van der Waals surface area contributed by atoms with Gasteiger partial charge in [-0.1, -0.05) is 6.42 Å². The Hall–Kier alpha value is -1.29. The van der Waals surface area contributed by atoms with Crippen LogP contribution in [0.4, 0.5) is 5.69 Å². The zero-order valence-electron chi connectivity index (χ0n) is 10.4. The predicted molar refractivity (Wildman–Crippen MR) is 69.2 cm³/mol. The van der Waals surface area contributed by atoms with Crippen LogP contribution < -0.4 is 15.8 Å². The molecule has 1 fully saturated rings. The molecular weight excluding hydrogens is 214 g/mol. The largest absolute Gasteiger partial charge is 0.476 e. The lowest BCUT2D eigenvalue weighted by Crippen LogP contribution is -2.29. The smallest absolute Gasteiger partial charge is 0.237 e. The highest BCUT2D eigenvalue weighted by Gasteiger charge is 2.26. The Balaban J connectivity index is 2.07. The third-order valence-electron chi connectivity index (χ3n) is 3.35. The maximum absolute atomic E-state index is 5.79. The molecule has 0 spiro atoms. The van der Waals surface area contributed by atoms with Crippen molar-refractivity contribution in [2.45, 2.75) is 32.2 Å². The molecule has 4 heteroatoms. The lowest BCUT2D eigenvalue weighted by atomic mass is 10.0. The minimum absolute atomic E-state index is 0.461. The van der Waals surface area contributed by atoms with Crippen molar-refractivity contribution in [3.8, 4) is 5.88 Å². The summed E-state index contributed by atoms with van der Waals surface area (Å²) >= 11 is 0. The number of anilines is 1. The third-order valence-corrected chi connectivity index (χ3v) is 3.35. The van der Waals surface area contributed by atoms with Crippen LogP contribution >= 0.6 is 0 Å². The van der Waals surface area contributed by atoms with Crippen molar-refractivity contribution in [1.29, 1.82) is 0 Å². The molecule has 1 saturated carbocycles. The molecular formula is C13H21N3O. The van der Waals surface area contributed by atoms with Crippen LogP contribution in [0, 0.1) is 5.92 Å². The molecule has 0 radical (unpaired) electrons. The Kier molecular flexibility index (Phi) is 4.20. The Morgan fingerprint density at radius 3 is 3.18 bits per heavy atom. The molecule has 17 heavy (non-hydrogen) atoms. The van der Waals surface area contributed by atoms with E-state index < -0.39 is 0 Å². The maximum atomic E-state index is 5.79. The number of pyridine rings is 1. The summed E-state index contributed by atoms with van der Waals surface area (Å²) in [5, 5.41) is 3.53. The van der Waals surface area contributed by atoms with Crippen molar-refractivity contribution in [2.24, 2.45) is 11.7 Å². The molecule has 0 saturated heterocycles. The normalized spacial score (nSPS) is 23.6. The van der Waals surface area contributed by atoms with E-state index in [2.05, 4.69) is 10.3 Å². The molecule has 3 N–H and O–H groups in total. The van der Waals surface area contributed by atoms with E-state index in [1.165, 1.54) is 19.3 Å². The van der Waals surface area contributed by atoms with Gasteiger partial charge >= 0.3 is 0 Å². The number of ether oxygens (including phenoxy) is 1. The van der Waals surface area contributed by atoms with Crippen molar-refractivity contribution in [1.82, 2.24) is 4.98 Å². The third kappa shape index (κ3) is 2.88. The van der Waals surface area contributed by atoms with Crippen molar-refractivity contribution in [2.75, 3.05) is 18.5 Å². The fourth-order valence-corrected chi connectivity index (χ4v) is 2.46. The highest BCUT2D eigenvalue weighted by atomic mass is 16.5. The lowest BCUT2D eigenvalue weighted by Gasteiger charge is -2.21. The van der Waals surface area contributed by atoms with Crippen LogP contribution in [0.25, 0.3) is 0 Å². The van der Waals surface area contributed by atoms with Crippen LogP contribution in [0.3, 0.4) is 0 Å². The number of aromatic nitrogens is 1. The number of hydrogen-bond donors (Lipinski definition) is 2. The monoisotopic (exact) mass is 235 g/mol. The Morgan fingerprint density at radius 2 is 2.41 bits per heavy atom. The van der Waals surface area contributed by atoms with Crippen LogP contribution in [0.15, 0.2) is 18.3 Å². The summed E-state index contributed by atoms with van der Waals surface area (Å²) in [6, 6.07) is 4.41. The van der Waals surface area contributed by atoms with Crippen LogP contribution in [0.5, 0.6) is 5.88 Å². The maximum Gasteiger partial charge on any atom is 0.237 e. The van der Waals surface area contributed by atoms with Crippen molar-refractivity contribution >= 4 is 5.69 Å². The van der Waals surface area contributed by atoms with Gasteiger partial charge in [0.25, 0.3) is 0 Å². The Morgan fingerprint density at radius 1 is 1.53 bits per heavy atom. The summed E-state index contributed by atoms with van der Waals surface area (Å²) in [5.74, 6) is 1.27. The van der Waals surface area contributed by atoms with E-state index in [1.807, 2.05) is 19.1 Å². The van der Waals surface area contributed by atoms with Gasteiger partial charge in [-0.15, -0.1) is 0 Å². The molecule has 2 unspecified atom stereocenters. The molecule has 2 rings (SSSR count). The average molecular weight is 235 g/mol. The summed E-state index contributed by atoms with van der Waals surface area (Å²) in [5.41, 5.74) is 6.77. The molecule has 0 aliphatic heterocycles. The van der Waals surface area contributed by atoms with Gasteiger partial charge in [-0.2, -0.15) is 0 Å². The second-order valence-corrected chi connectivity index (χ2v) is 4.47. The number of hydrogen-bond acceptors (Lipinski definition) is 4. The zero-order valence-corrected chi connectivity index (χ0v) is 10.4. The number of rotatable bonds is 5. The van der Waals surface area contributed by atoms with Crippen LogP contribution in [-0.4, -0.2) is 24.2 Å². The van der Waals surface area contributed by atoms with Crippen LogP contribution in [0.1, 0.15) is 26.2 Å². The molecule has 0 amide bonds. The molecule has 1 aliphatic carbocycles. The van der Waals surface area contributed by atoms with Gasteiger partial charge in [0.1, 0.15) is 0 Å². The van der Waals surface area contributed by atoms with Gasteiger partial charge in [-0.05, 0) is 44.4 Å². The van der Waals surface area contributed by atoms with Gasteiger partial charge in [0, 0.05) is 12.2 Å². The van der Waals surface area contributed by atoms with E-state index in [1.54, 1.807) is 6.20 Å². The molecule has 1 heterocycles.